The van der Waals surface area contributed by atoms with Crippen LogP contribution >= 0.6 is 11.8 Å². The Hall–Kier alpha value is -1.17. The van der Waals surface area contributed by atoms with Crippen molar-refractivity contribution in [2.75, 3.05) is 36.6 Å². The van der Waals surface area contributed by atoms with Gasteiger partial charge in [-0.05, 0) is 6.42 Å². The van der Waals surface area contributed by atoms with Crippen LogP contribution in [-0.2, 0) is 0 Å². The number of nitrogens with zero attached hydrogens (tertiary/aromatic N) is 3. The number of nitrogen functional groups attached to an aromatic ring is 1. The average Bonchev–Trinajstić information content (AvgIpc) is 2.50. The highest BCUT2D eigenvalue weighted by molar-refractivity contribution is 8.00. The lowest BCUT2D eigenvalue weighted by molar-refractivity contribution is 0.412. The Labute approximate surface area is 112 Å². The summed E-state index contributed by atoms with van der Waals surface area (Å²) in [7, 11) is 1.61. The van der Waals surface area contributed by atoms with Crippen molar-refractivity contribution in [1.82, 2.24) is 9.97 Å². The average molecular weight is 268 g/mol. The van der Waals surface area contributed by atoms with Gasteiger partial charge >= 0.3 is 0 Å². The number of thioether (sulfide) groups is 1. The van der Waals surface area contributed by atoms with Gasteiger partial charge in [0.25, 0.3) is 0 Å². The molecule has 2 N–H and O–H groups in total. The molecule has 100 valence electrons. The highest BCUT2D eigenvalue weighted by Crippen LogP contribution is 2.35. The quantitative estimate of drug-likeness (QED) is 0.882. The summed E-state index contributed by atoms with van der Waals surface area (Å²) in [5.41, 5.74) is 5.82. The van der Waals surface area contributed by atoms with E-state index in [-0.39, 0.29) is 0 Å². The molecule has 0 saturated carbocycles. The second kappa shape index (κ2) is 5.22. The molecule has 1 aromatic heterocycles. The van der Waals surface area contributed by atoms with E-state index in [2.05, 4.69) is 28.7 Å². The standard InChI is InChI=1S/C12H20N4OS/c1-12(2)4-5-16(6-7-18-12)11-9(17-3)10(13)14-8-15-11/h8H,4-7H2,1-3H3,(H2,13,14,15). The Bertz CT molecular complexity index is 425. The predicted octanol–water partition coefficient (Wildman–Crippen LogP) is 1.79. The molecule has 1 saturated heterocycles. The molecule has 18 heavy (non-hydrogen) atoms. The van der Waals surface area contributed by atoms with Crippen molar-refractivity contribution < 1.29 is 4.74 Å². The number of methoxy groups -OCH3 is 1. The third-order valence-electron chi connectivity index (χ3n) is 3.15. The number of aromatic nitrogens is 2. The summed E-state index contributed by atoms with van der Waals surface area (Å²) in [6.45, 7) is 6.49. The van der Waals surface area contributed by atoms with E-state index >= 15 is 0 Å². The van der Waals surface area contributed by atoms with E-state index in [0.717, 1.165) is 31.1 Å². The van der Waals surface area contributed by atoms with Gasteiger partial charge < -0.3 is 15.4 Å². The lowest BCUT2D eigenvalue weighted by Crippen LogP contribution is -2.28. The van der Waals surface area contributed by atoms with Crippen LogP contribution in [0.4, 0.5) is 11.6 Å². The van der Waals surface area contributed by atoms with E-state index in [1.54, 1.807) is 7.11 Å². The molecule has 0 atom stereocenters. The van der Waals surface area contributed by atoms with Crippen LogP contribution in [0.1, 0.15) is 20.3 Å². The minimum Gasteiger partial charge on any atom is -0.490 e. The smallest absolute Gasteiger partial charge is 0.204 e. The molecular formula is C12H20N4OS. The monoisotopic (exact) mass is 268 g/mol. The number of hydrogen-bond donors (Lipinski definition) is 1. The summed E-state index contributed by atoms with van der Waals surface area (Å²) in [5, 5.41) is 0. The summed E-state index contributed by atoms with van der Waals surface area (Å²) in [6, 6.07) is 0. The van der Waals surface area contributed by atoms with Crippen molar-refractivity contribution in [2.45, 2.75) is 25.0 Å². The molecule has 0 aromatic carbocycles. The zero-order valence-electron chi connectivity index (χ0n) is 11.1. The molecular weight excluding hydrogens is 248 g/mol. The van der Waals surface area contributed by atoms with Crippen LogP contribution in [0.5, 0.6) is 5.75 Å². The first-order chi connectivity index (χ1) is 8.53. The molecule has 0 amide bonds. The Morgan fingerprint density at radius 2 is 2.17 bits per heavy atom. The molecule has 2 rings (SSSR count). The van der Waals surface area contributed by atoms with Crippen molar-refractivity contribution in [2.24, 2.45) is 0 Å². The van der Waals surface area contributed by atoms with E-state index in [1.807, 2.05) is 11.8 Å². The summed E-state index contributed by atoms with van der Waals surface area (Å²) in [6.07, 6.45) is 2.61. The van der Waals surface area contributed by atoms with Gasteiger partial charge in [0.15, 0.2) is 11.6 Å². The molecule has 1 aromatic rings. The fourth-order valence-corrected chi connectivity index (χ4v) is 3.13. The number of anilines is 2. The molecule has 0 unspecified atom stereocenters. The van der Waals surface area contributed by atoms with E-state index in [4.69, 9.17) is 10.5 Å². The predicted molar refractivity (Wildman–Crippen MR) is 76.4 cm³/mol. The van der Waals surface area contributed by atoms with Gasteiger partial charge in [0.1, 0.15) is 6.33 Å². The van der Waals surface area contributed by atoms with Crippen molar-refractivity contribution >= 4 is 23.4 Å². The fourth-order valence-electron chi connectivity index (χ4n) is 2.03. The molecule has 1 aliphatic heterocycles. The Morgan fingerprint density at radius 1 is 1.39 bits per heavy atom. The van der Waals surface area contributed by atoms with Crippen LogP contribution in [0.3, 0.4) is 0 Å². The van der Waals surface area contributed by atoms with Gasteiger partial charge in [-0.15, -0.1) is 0 Å². The lowest BCUT2D eigenvalue weighted by atomic mass is 10.1. The molecule has 5 nitrogen and oxygen atoms in total. The van der Waals surface area contributed by atoms with Crippen molar-refractivity contribution in [3.8, 4) is 5.75 Å². The first-order valence-corrected chi connectivity index (χ1v) is 7.05. The molecule has 0 aliphatic carbocycles. The highest BCUT2D eigenvalue weighted by atomic mass is 32.2. The normalized spacial score (nSPS) is 19.4. The van der Waals surface area contributed by atoms with Crippen molar-refractivity contribution in [1.29, 1.82) is 0 Å². The molecule has 2 heterocycles. The van der Waals surface area contributed by atoms with Crippen LogP contribution in [-0.4, -0.2) is 40.7 Å². The number of nitrogens with two attached hydrogens (primary N) is 1. The maximum atomic E-state index is 5.82. The Kier molecular flexibility index (Phi) is 3.85. The summed E-state index contributed by atoms with van der Waals surface area (Å²) >= 11 is 2.00. The van der Waals surface area contributed by atoms with E-state index in [0.29, 0.717) is 16.3 Å². The topological polar surface area (TPSA) is 64.3 Å². The SMILES string of the molecule is COc1c(N)ncnc1N1CCSC(C)(C)CC1. The van der Waals surface area contributed by atoms with E-state index < -0.39 is 0 Å². The highest BCUT2D eigenvalue weighted by Gasteiger charge is 2.26. The third-order valence-corrected chi connectivity index (χ3v) is 4.53. The molecule has 0 radical (unpaired) electrons. The molecule has 6 heteroatoms. The maximum Gasteiger partial charge on any atom is 0.204 e. The number of rotatable bonds is 2. The van der Waals surface area contributed by atoms with Gasteiger partial charge in [-0.25, -0.2) is 9.97 Å². The molecule has 1 aliphatic rings. The Balaban J connectivity index is 2.24. The van der Waals surface area contributed by atoms with Gasteiger partial charge in [0.2, 0.25) is 5.75 Å². The number of ether oxygens (including phenoxy) is 1. The summed E-state index contributed by atoms with van der Waals surface area (Å²) in [4.78, 5) is 10.5. The molecule has 0 bridgehead atoms. The first-order valence-electron chi connectivity index (χ1n) is 6.07. The van der Waals surface area contributed by atoms with Crippen LogP contribution < -0.4 is 15.4 Å². The fraction of sp³-hybridized carbons (Fsp3) is 0.667. The van der Waals surface area contributed by atoms with Crippen LogP contribution in [0.15, 0.2) is 6.33 Å². The van der Waals surface area contributed by atoms with Gasteiger partial charge in [-0.2, -0.15) is 11.8 Å². The zero-order valence-corrected chi connectivity index (χ0v) is 12.0. The van der Waals surface area contributed by atoms with Gasteiger partial charge in [-0.1, -0.05) is 13.8 Å². The first kappa shape index (κ1) is 13.3. The summed E-state index contributed by atoms with van der Waals surface area (Å²) < 4.78 is 5.64. The van der Waals surface area contributed by atoms with Crippen molar-refractivity contribution in [3.05, 3.63) is 6.33 Å². The van der Waals surface area contributed by atoms with Gasteiger partial charge in [-0.3, -0.25) is 0 Å². The lowest BCUT2D eigenvalue weighted by Gasteiger charge is -2.24. The minimum absolute atomic E-state index is 0.320. The largest absolute Gasteiger partial charge is 0.490 e. The van der Waals surface area contributed by atoms with E-state index in [9.17, 15) is 0 Å². The maximum absolute atomic E-state index is 5.82. The second-order valence-corrected chi connectivity index (χ2v) is 6.76. The van der Waals surface area contributed by atoms with Crippen LogP contribution in [0.2, 0.25) is 0 Å². The van der Waals surface area contributed by atoms with Crippen LogP contribution in [0, 0.1) is 0 Å². The number of hydrogen-bond acceptors (Lipinski definition) is 6. The second-order valence-electron chi connectivity index (χ2n) is 4.96. The molecule has 0 spiro atoms. The van der Waals surface area contributed by atoms with Gasteiger partial charge in [0, 0.05) is 23.6 Å². The van der Waals surface area contributed by atoms with Crippen LogP contribution in [0.25, 0.3) is 0 Å². The molecule has 1 fully saturated rings. The summed E-state index contributed by atoms with van der Waals surface area (Å²) in [5.74, 6) is 2.88. The Morgan fingerprint density at radius 3 is 2.89 bits per heavy atom. The van der Waals surface area contributed by atoms with E-state index in [1.165, 1.54) is 6.33 Å². The zero-order chi connectivity index (χ0) is 13.2. The van der Waals surface area contributed by atoms with Gasteiger partial charge in [0.05, 0.1) is 7.11 Å². The minimum atomic E-state index is 0.320. The van der Waals surface area contributed by atoms with Crippen molar-refractivity contribution in [3.63, 3.8) is 0 Å². The third kappa shape index (κ3) is 2.80.